The van der Waals surface area contributed by atoms with E-state index < -0.39 is 18.5 Å². The Morgan fingerprint density at radius 1 is 1.12 bits per heavy atom. The van der Waals surface area contributed by atoms with Crippen molar-refractivity contribution in [3.05, 3.63) is 60.4 Å². The predicted molar refractivity (Wildman–Crippen MR) is 89.5 cm³/mol. The maximum Gasteiger partial charge on any atom is 0.397 e. The summed E-state index contributed by atoms with van der Waals surface area (Å²) in [7, 11) is 0. The highest BCUT2D eigenvalue weighted by Gasteiger charge is 2.33. The minimum atomic E-state index is -4.46. The van der Waals surface area contributed by atoms with Gasteiger partial charge in [0.1, 0.15) is 6.42 Å². The van der Waals surface area contributed by atoms with Gasteiger partial charge in [-0.15, -0.1) is 0 Å². The number of rotatable bonds is 3. The Bertz CT molecular complexity index is 785. The summed E-state index contributed by atoms with van der Waals surface area (Å²) >= 11 is 0. The molecule has 3 rings (SSSR count). The maximum absolute atomic E-state index is 12.4. The molecule has 0 unspecified atom stereocenters. The minimum Gasteiger partial charge on any atom is -0.338 e. The molecule has 3 nitrogen and oxygen atoms in total. The van der Waals surface area contributed by atoms with Crippen LogP contribution in [-0.4, -0.2) is 35.1 Å². The van der Waals surface area contributed by atoms with Crippen molar-refractivity contribution in [3.63, 3.8) is 0 Å². The van der Waals surface area contributed by atoms with E-state index in [0.717, 1.165) is 22.3 Å². The van der Waals surface area contributed by atoms with E-state index in [1.54, 1.807) is 12.4 Å². The first-order chi connectivity index (χ1) is 11.9. The normalized spacial score (nSPS) is 15.0. The largest absolute Gasteiger partial charge is 0.397 e. The molecule has 0 saturated carbocycles. The van der Waals surface area contributed by atoms with Crippen molar-refractivity contribution in [2.24, 2.45) is 0 Å². The number of nitrogens with zero attached hydrogens (tertiary/aromatic N) is 2. The summed E-state index contributed by atoms with van der Waals surface area (Å²) in [5, 5.41) is 0. The zero-order valence-electron chi connectivity index (χ0n) is 13.5. The SMILES string of the molecule is O=C(CC(F)(F)F)N1CC=C(c2ccccc2-c2cccnc2)CC1. The molecular weight excluding hydrogens is 329 g/mol. The number of carbonyl (C=O) groups excluding carboxylic acids is 1. The fourth-order valence-electron chi connectivity index (χ4n) is 2.96. The summed E-state index contributed by atoms with van der Waals surface area (Å²) in [6, 6.07) is 11.7. The fraction of sp³-hybridized carbons (Fsp3) is 0.263. The monoisotopic (exact) mass is 346 g/mol. The molecular formula is C19H17F3N2O. The first kappa shape index (κ1) is 17.2. The molecule has 2 aromatic rings. The van der Waals surface area contributed by atoms with Gasteiger partial charge in [-0.1, -0.05) is 36.4 Å². The molecule has 0 fully saturated rings. The standard InChI is InChI=1S/C19H17F3N2O/c20-19(21,22)12-18(25)24-10-7-14(8-11-24)16-5-1-2-6-17(16)15-4-3-9-23-13-15/h1-7,9,13H,8,10-12H2. The number of hydrogen-bond donors (Lipinski definition) is 0. The van der Waals surface area contributed by atoms with Crippen LogP contribution in [0.5, 0.6) is 0 Å². The molecule has 0 N–H and O–H groups in total. The third-order valence-corrected chi connectivity index (χ3v) is 4.16. The molecule has 2 heterocycles. The number of aromatic nitrogens is 1. The molecule has 0 atom stereocenters. The first-order valence-corrected chi connectivity index (χ1v) is 7.97. The second-order valence-electron chi connectivity index (χ2n) is 5.90. The van der Waals surface area contributed by atoms with Gasteiger partial charge in [-0.25, -0.2) is 0 Å². The van der Waals surface area contributed by atoms with E-state index in [0.29, 0.717) is 13.0 Å². The molecule has 1 aromatic carbocycles. The highest BCUT2D eigenvalue weighted by Crippen LogP contribution is 2.32. The molecule has 0 spiro atoms. The molecule has 0 radical (unpaired) electrons. The molecule has 0 aliphatic carbocycles. The van der Waals surface area contributed by atoms with Crippen molar-refractivity contribution in [1.82, 2.24) is 9.88 Å². The van der Waals surface area contributed by atoms with Crippen LogP contribution in [0, 0.1) is 0 Å². The van der Waals surface area contributed by atoms with Crippen LogP contribution < -0.4 is 0 Å². The summed E-state index contributed by atoms with van der Waals surface area (Å²) in [5.74, 6) is -0.872. The van der Waals surface area contributed by atoms with Crippen LogP contribution in [0.15, 0.2) is 54.9 Å². The van der Waals surface area contributed by atoms with Gasteiger partial charge < -0.3 is 4.90 Å². The van der Waals surface area contributed by atoms with E-state index in [-0.39, 0.29) is 6.54 Å². The Hall–Kier alpha value is -2.63. The number of hydrogen-bond acceptors (Lipinski definition) is 2. The van der Waals surface area contributed by atoms with Crippen LogP contribution in [0.25, 0.3) is 16.7 Å². The van der Waals surface area contributed by atoms with Crippen molar-refractivity contribution >= 4 is 11.5 Å². The molecule has 1 aliphatic rings. The van der Waals surface area contributed by atoms with Gasteiger partial charge in [0.25, 0.3) is 0 Å². The van der Waals surface area contributed by atoms with Crippen LogP contribution in [0.3, 0.4) is 0 Å². The maximum atomic E-state index is 12.4. The lowest BCUT2D eigenvalue weighted by Crippen LogP contribution is -2.37. The summed E-state index contributed by atoms with van der Waals surface area (Å²) in [6.07, 6.45) is -0.0121. The van der Waals surface area contributed by atoms with Gasteiger partial charge in [0, 0.05) is 31.0 Å². The van der Waals surface area contributed by atoms with E-state index in [1.165, 1.54) is 4.90 Å². The Morgan fingerprint density at radius 3 is 2.48 bits per heavy atom. The molecule has 6 heteroatoms. The van der Waals surface area contributed by atoms with Crippen LogP contribution in [-0.2, 0) is 4.79 Å². The van der Waals surface area contributed by atoms with Crippen molar-refractivity contribution in [1.29, 1.82) is 0 Å². The van der Waals surface area contributed by atoms with Gasteiger partial charge in [-0.2, -0.15) is 13.2 Å². The van der Waals surface area contributed by atoms with Gasteiger partial charge in [0.05, 0.1) is 0 Å². The Morgan fingerprint density at radius 2 is 1.88 bits per heavy atom. The topological polar surface area (TPSA) is 33.2 Å². The quantitative estimate of drug-likeness (QED) is 0.829. The summed E-state index contributed by atoms with van der Waals surface area (Å²) < 4.78 is 37.1. The number of alkyl halides is 3. The van der Waals surface area contributed by atoms with Crippen molar-refractivity contribution in [3.8, 4) is 11.1 Å². The van der Waals surface area contributed by atoms with Crippen LogP contribution in [0.1, 0.15) is 18.4 Å². The van der Waals surface area contributed by atoms with Crippen molar-refractivity contribution in [2.45, 2.75) is 19.0 Å². The van der Waals surface area contributed by atoms with E-state index in [2.05, 4.69) is 4.98 Å². The third-order valence-electron chi connectivity index (χ3n) is 4.16. The van der Waals surface area contributed by atoms with Crippen molar-refractivity contribution in [2.75, 3.05) is 13.1 Å². The van der Waals surface area contributed by atoms with E-state index in [1.807, 2.05) is 42.5 Å². The van der Waals surface area contributed by atoms with E-state index in [9.17, 15) is 18.0 Å². The van der Waals surface area contributed by atoms with Gasteiger partial charge in [-0.3, -0.25) is 9.78 Å². The molecule has 0 saturated heterocycles. The number of pyridine rings is 1. The van der Waals surface area contributed by atoms with Gasteiger partial charge in [0.15, 0.2) is 0 Å². The molecule has 0 bridgehead atoms. The van der Waals surface area contributed by atoms with Gasteiger partial charge >= 0.3 is 6.18 Å². The van der Waals surface area contributed by atoms with Crippen molar-refractivity contribution < 1.29 is 18.0 Å². The molecule has 1 amide bonds. The number of amides is 1. The zero-order valence-corrected chi connectivity index (χ0v) is 13.5. The zero-order chi connectivity index (χ0) is 17.9. The summed E-state index contributed by atoms with van der Waals surface area (Å²) in [5.41, 5.74) is 4.07. The highest BCUT2D eigenvalue weighted by molar-refractivity contribution is 5.83. The Labute approximate surface area is 143 Å². The highest BCUT2D eigenvalue weighted by atomic mass is 19.4. The second-order valence-corrected chi connectivity index (χ2v) is 5.90. The van der Waals surface area contributed by atoms with Crippen LogP contribution in [0.2, 0.25) is 0 Å². The molecule has 130 valence electrons. The molecule has 1 aliphatic heterocycles. The number of carbonyl (C=O) groups is 1. The molecule has 1 aromatic heterocycles. The predicted octanol–water partition coefficient (Wildman–Crippen LogP) is 4.32. The van der Waals surface area contributed by atoms with Crippen LogP contribution >= 0.6 is 0 Å². The lowest BCUT2D eigenvalue weighted by molar-refractivity contribution is -0.161. The lowest BCUT2D eigenvalue weighted by atomic mass is 9.92. The van der Waals surface area contributed by atoms with Gasteiger partial charge in [-0.05, 0) is 29.2 Å². The Kier molecular flexibility index (Phi) is 4.88. The Balaban J connectivity index is 1.80. The smallest absolute Gasteiger partial charge is 0.338 e. The van der Waals surface area contributed by atoms with Gasteiger partial charge in [0.2, 0.25) is 5.91 Å². The lowest BCUT2D eigenvalue weighted by Gasteiger charge is -2.27. The van der Waals surface area contributed by atoms with E-state index in [4.69, 9.17) is 0 Å². The number of halogens is 3. The fourth-order valence-corrected chi connectivity index (χ4v) is 2.96. The number of benzene rings is 1. The van der Waals surface area contributed by atoms with E-state index >= 15 is 0 Å². The third kappa shape index (κ3) is 4.26. The molecule has 25 heavy (non-hydrogen) atoms. The second kappa shape index (κ2) is 7.09. The summed E-state index contributed by atoms with van der Waals surface area (Å²) in [4.78, 5) is 17.1. The van der Waals surface area contributed by atoms with Crippen LogP contribution in [0.4, 0.5) is 13.2 Å². The minimum absolute atomic E-state index is 0.200. The average molecular weight is 346 g/mol. The first-order valence-electron chi connectivity index (χ1n) is 7.97. The summed E-state index contributed by atoms with van der Waals surface area (Å²) in [6.45, 7) is 0.494. The average Bonchev–Trinajstić information content (AvgIpc) is 2.61.